The van der Waals surface area contributed by atoms with Crippen molar-refractivity contribution in [2.45, 2.75) is 18.3 Å². The molecule has 3 nitrogen and oxygen atoms in total. The molecule has 4 rings (SSSR count). The zero-order valence-electron chi connectivity index (χ0n) is 11.5. The fourth-order valence-corrected chi connectivity index (χ4v) is 3.74. The molecule has 2 aromatic rings. The molecule has 2 aliphatic rings. The maximum absolute atomic E-state index is 6.48. The molecule has 0 spiro atoms. The molecule has 21 heavy (non-hydrogen) atoms. The minimum Gasteiger partial charge on any atom is -0.454 e. The van der Waals surface area contributed by atoms with Crippen molar-refractivity contribution in [1.29, 1.82) is 0 Å². The zero-order valence-corrected chi connectivity index (χ0v) is 12.3. The van der Waals surface area contributed by atoms with Crippen LogP contribution in [0.5, 0.6) is 11.5 Å². The first-order valence-electron chi connectivity index (χ1n) is 7.16. The van der Waals surface area contributed by atoms with Gasteiger partial charge in [-0.2, -0.15) is 0 Å². The monoisotopic (exact) mass is 301 g/mol. The van der Waals surface area contributed by atoms with Gasteiger partial charge in [-0.3, -0.25) is 0 Å². The van der Waals surface area contributed by atoms with Crippen molar-refractivity contribution in [2.24, 2.45) is 5.73 Å². The first-order valence-corrected chi connectivity index (χ1v) is 7.53. The molecule has 2 N–H and O–H groups in total. The van der Waals surface area contributed by atoms with Crippen LogP contribution >= 0.6 is 11.6 Å². The molecule has 4 heteroatoms. The minimum atomic E-state index is 0.266. The summed E-state index contributed by atoms with van der Waals surface area (Å²) in [6.07, 6.45) is 0.995. The second-order valence-electron chi connectivity index (χ2n) is 5.58. The Bertz CT molecular complexity index is 701. The number of rotatable bonds is 2. The molecule has 0 bridgehead atoms. The van der Waals surface area contributed by atoms with Gasteiger partial charge >= 0.3 is 0 Å². The number of hydrogen-bond acceptors (Lipinski definition) is 3. The molecule has 0 saturated carbocycles. The third-order valence-electron chi connectivity index (χ3n) is 4.48. The summed E-state index contributed by atoms with van der Waals surface area (Å²) in [6, 6.07) is 12.4. The van der Waals surface area contributed by atoms with Gasteiger partial charge < -0.3 is 15.2 Å². The average Bonchev–Trinajstić information content (AvgIpc) is 3.09. The first-order chi connectivity index (χ1) is 10.3. The van der Waals surface area contributed by atoms with Gasteiger partial charge in [-0.1, -0.05) is 35.9 Å². The summed E-state index contributed by atoms with van der Waals surface area (Å²) in [7, 11) is 0. The van der Waals surface area contributed by atoms with Crippen LogP contribution in [0.1, 0.15) is 34.9 Å². The lowest BCUT2D eigenvalue weighted by Crippen LogP contribution is -2.09. The molecule has 0 unspecified atom stereocenters. The van der Waals surface area contributed by atoms with Crippen LogP contribution in [0.15, 0.2) is 36.4 Å². The number of ether oxygens (including phenoxy) is 2. The molecule has 1 aliphatic heterocycles. The van der Waals surface area contributed by atoms with Gasteiger partial charge in [0, 0.05) is 17.0 Å². The summed E-state index contributed by atoms with van der Waals surface area (Å²) in [5.41, 5.74) is 9.71. The highest BCUT2D eigenvalue weighted by molar-refractivity contribution is 6.31. The Balaban J connectivity index is 1.81. The zero-order chi connectivity index (χ0) is 14.4. The van der Waals surface area contributed by atoms with E-state index in [1.54, 1.807) is 0 Å². The Kier molecular flexibility index (Phi) is 3.05. The highest BCUT2D eigenvalue weighted by Crippen LogP contribution is 2.49. The Morgan fingerprint density at radius 2 is 1.76 bits per heavy atom. The Morgan fingerprint density at radius 1 is 1.05 bits per heavy atom. The quantitative estimate of drug-likeness (QED) is 0.921. The molecule has 0 saturated heterocycles. The number of nitrogens with two attached hydrogens (primary N) is 1. The van der Waals surface area contributed by atoms with Gasteiger partial charge in [0.05, 0.1) is 0 Å². The predicted octanol–water partition coefficient (Wildman–Crippen LogP) is 3.65. The topological polar surface area (TPSA) is 44.5 Å². The summed E-state index contributed by atoms with van der Waals surface area (Å²) in [6.45, 7) is 0.928. The molecule has 2 atom stereocenters. The van der Waals surface area contributed by atoms with Crippen molar-refractivity contribution >= 4 is 11.6 Å². The van der Waals surface area contributed by atoms with Gasteiger partial charge in [-0.05, 0) is 41.6 Å². The van der Waals surface area contributed by atoms with E-state index in [1.165, 1.54) is 11.1 Å². The molecule has 1 aliphatic carbocycles. The maximum atomic E-state index is 6.48. The number of halogens is 1. The lowest BCUT2D eigenvalue weighted by molar-refractivity contribution is 0.174. The van der Waals surface area contributed by atoms with E-state index < -0.39 is 0 Å². The molecular weight excluding hydrogens is 286 g/mol. The fraction of sp³-hybridized carbons (Fsp3) is 0.294. The van der Waals surface area contributed by atoms with Gasteiger partial charge in [-0.25, -0.2) is 0 Å². The van der Waals surface area contributed by atoms with Crippen LogP contribution in [0.25, 0.3) is 0 Å². The molecule has 0 fully saturated rings. The van der Waals surface area contributed by atoms with Crippen LogP contribution in [0.3, 0.4) is 0 Å². The normalized spacial score (nSPS) is 22.4. The highest BCUT2D eigenvalue weighted by atomic mass is 35.5. The van der Waals surface area contributed by atoms with Gasteiger partial charge in [0.2, 0.25) is 6.79 Å². The predicted molar refractivity (Wildman–Crippen MR) is 82.3 cm³/mol. The molecular formula is C17H16ClNO2. The lowest BCUT2D eigenvalue weighted by atomic mass is 9.92. The van der Waals surface area contributed by atoms with E-state index in [0.717, 1.165) is 28.5 Å². The standard InChI is InChI=1S/C17H16ClNO2/c18-15-7-17-16(20-9-21-17)6-14(15)13-5-10(8-19)11-3-1-2-4-12(11)13/h1-4,6-7,10,13H,5,8-9,19H2/t10-,13-/m1/s1. The van der Waals surface area contributed by atoms with Crippen LogP contribution in [0, 0.1) is 0 Å². The van der Waals surface area contributed by atoms with E-state index in [-0.39, 0.29) is 12.7 Å². The molecule has 2 aromatic carbocycles. The summed E-state index contributed by atoms with van der Waals surface area (Å²) in [5.74, 6) is 2.18. The Labute approximate surface area is 128 Å². The highest BCUT2D eigenvalue weighted by Gasteiger charge is 2.33. The molecule has 0 radical (unpaired) electrons. The molecule has 108 valence electrons. The van der Waals surface area contributed by atoms with Crippen LogP contribution in [0.4, 0.5) is 0 Å². The van der Waals surface area contributed by atoms with Gasteiger partial charge in [-0.15, -0.1) is 0 Å². The number of hydrogen-bond donors (Lipinski definition) is 1. The van der Waals surface area contributed by atoms with Crippen LogP contribution in [-0.4, -0.2) is 13.3 Å². The molecule has 0 amide bonds. The van der Waals surface area contributed by atoms with Gasteiger partial charge in [0.25, 0.3) is 0 Å². The molecule has 1 heterocycles. The van der Waals surface area contributed by atoms with Crippen LogP contribution in [0.2, 0.25) is 5.02 Å². The first kappa shape index (κ1) is 13.0. The van der Waals surface area contributed by atoms with E-state index >= 15 is 0 Å². The summed E-state index contributed by atoms with van der Waals surface area (Å²) in [4.78, 5) is 0. The number of benzene rings is 2. The second-order valence-corrected chi connectivity index (χ2v) is 5.98. The number of fused-ring (bicyclic) bond motifs is 2. The van der Waals surface area contributed by atoms with E-state index in [1.807, 2.05) is 12.1 Å². The van der Waals surface area contributed by atoms with E-state index in [4.69, 9.17) is 26.8 Å². The van der Waals surface area contributed by atoms with Crippen molar-refractivity contribution < 1.29 is 9.47 Å². The smallest absolute Gasteiger partial charge is 0.231 e. The van der Waals surface area contributed by atoms with E-state index in [2.05, 4.69) is 24.3 Å². The van der Waals surface area contributed by atoms with Crippen molar-refractivity contribution in [3.63, 3.8) is 0 Å². The van der Waals surface area contributed by atoms with E-state index in [0.29, 0.717) is 12.5 Å². The van der Waals surface area contributed by atoms with Crippen molar-refractivity contribution in [3.8, 4) is 11.5 Å². The Morgan fingerprint density at radius 3 is 2.52 bits per heavy atom. The summed E-state index contributed by atoms with van der Waals surface area (Å²) < 4.78 is 10.9. The van der Waals surface area contributed by atoms with Crippen molar-refractivity contribution in [1.82, 2.24) is 0 Å². The van der Waals surface area contributed by atoms with Gasteiger partial charge in [0.1, 0.15) is 0 Å². The maximum Gasteiger partial charge on any atom is 0.231 e. The average molecular weight is 302 g/mol. The largest absolute Gasteiger partial charge is 0.454 e. The minimum absolute atomic E-state index is 0.266. The third kappa shape index (κ3) is 2.00. The van der Waals surface area contributed by atoms with Crippen LogP contribution < -0.4 is 15.2 Å². The lowest BCUT2D eigenvalue weighted by Gasteiger charge is -2.15. The van der Waals surface area contributed by atoms with Crippen LogP contribution in [-0.2, 0) is 0 Å². The molecule has 0 aromatic heterocycles. The fourth-order valence-electron chi connectivity index (χ4n) is 3.46. The summed E-state index contributed by atoms with van der Waals surface area (Å²) in [5, 5.41) is 0.733. The van der Waals surface area contributed by atoms with E-state index in [9.17, 15) is 0 Å². The summed E-state index contributed by atoms with van der Waals surface area (Å²) >= 11 is 6.48. The van der Waals surface area contributed by atoms with Crippen molar-refractivity contribution in [2.75, 3.05) is 13.3 Å². The van der Waals surface area contributed by atoms with Crippen molar-refractivity contribution in [3.05, 3.63) is 58.1 Å². The second kappa shape index (κ2) is 4.93. The Hall–Kier alpha value is -1.71. The SMILES string of the molecule is NC[C@H]1C[C@@H](c2cc3c(cc2Cl)OCO3)c2ccccc21. The third-order valence-corrected chi connectivity index (χ3v) is 4.81. The van der Waals surface area contributed by atoms with Gasteiger partial charge in [0.15, 0.2) is 11.5 Å².